The summed E-state index contributed by atoms with van der Waals surface area (Å²) in [6.45, 7) is 14.6. The third-order valence-corrected chi connectivity index (χ3v) is 2.69. The first-order valence-electron chi connectivity index (χ1n) is 7.20. The number of rotatable bonds is 8. The summed E-state index contributed by atoms with van der Waals surface area (Å²) in [5.74, 6) is 0.362. The molecule has 18 heavy (non-hydrogen) atoms. The molecule has 0 aliphatic carbocycles. The van der Waals surface area contributed by atoms with Crippen LogP contribution in [-0.2, 0) is 9.53 Å². The Kier molecular flexibility index (Phi) is 7.77. The standard InChI is InChI=1S/C16H32O2/c1-15(2,3)10-8-12-18-11-7-9-14(17)13-16(4,5)6/h7-13H2,1-6H3. The maximum Gasteiger partial charge on any atom is 0.133 e. The van der Waals surface area contributed by atoms with Crippen LogP contribution < -0.4 is 0 Å². The minimum Gasteiger partial charge on any atom is -0.381 e. The fourth-order valence-electron chi connectivity index (χ4n) is 1.86. The van der Waals surface area contributed by atoms with Gasteiger partial charge in [0.15, 0.2) is 0 Å². The van der Waals surface area contributed by atoms with Crippen molar-refractivity contribution in [2.45, 2.75) is 73.6 Å². The van der Waals surface area contributed by atoms with Crippen molar-refractivity contribution in [3.63, 3.8) is 0 Å². The summed E-state index contributed by atoms with van der Waals surface area (Å²) < 4.78 is 5.56. The first kappa shape index (κ1) is 17.6. The lowest BCUT2D eigenvalue weighted by Gasteiger charge is -2.17. The summed E-state index contributed by atoms with van der Waals surface area (Å²) in [4.78, 5) is 11.6. The molecule has 2 heteroatoms. The number of ketones is 1. The van der Waals surface area contributed by atoms with Crippen LogP contribution in [0.2, 0.25) is 0 Å². The topological polar surface area (TPSA) is 26.3 Å². The van der Waals surface area contributed by atoms with Crippen molar-refractivity contribution in [2.24, 2.45) is 10.8 Å². The van der Waals surface area contributed by atoms with E-state index in [1.807, 2.05) is 0 Å². The molecule has 0 saturated carbocycles. The summed E-state index contributed by atoms with van der Waals surface area (Å²) in [6.07, 6.45) is 4.51. The van der Waals surface area contributed by atoms with Crippen molar-refractivity contribution in [1.82, 2.24) is 0 Å². The monoisotopic (exact) mass is 256 g/mol. The Bertz CT molecular complexity index is 230. The third-order valence-electron chi connectivity index (χ3n) is 2.69. The van der Waals surface area contributed by atoms with E-state index in [1.54, 1.807) is 0 Å². The van der Waals surface area contributed by atoms with Crippen LogP contribution in [0.3, 0.4) is 0 Å². The Labute approximate surface area is 113 Å². The lowest BCUT2D eigenvalue weighted by atomic mass is 9.89. The van der Waals surface area contributed by atoms with Gasteiger partial charge in [-0.2, -0.15) is 0 Å². The Morgan fingerprint density at radius 3 is 1.94 bits per heavy atom. The minimum atomic E-state index is 0.116. The van der Waals surface area contributed by atoms with Gasteiger partial charge in [-0.1, -0.05) is 41.5 Å². The van der Waals surface area contributed by atoms with Gasteiger partial charge in [-0.25, -0.2) is 0 Å². The van der Waals surface area contributed by atoms with Crippen molar-refractivity contribution in [1.29, 1.82) is 0 Å². The Hall–Kier alpha value is -0.370. The zero-order valence-corrected chi connectivity index (χ0v) is 13.3. The zero-order valence-electron chi connectivity index (χ0n) is 13.3. The van der Waals surface area contributed by atoms with E-state index >= 15 is 0 Å². The van der Waals surface area contributed by atoms with Crippen LogP contribution in [0.4, 0.5) is 0 Å². The highest BCUT2D eigenvalue weighted by molar-refractivity contribution is 5.78. The second-order valence-corrected chi connectivity index (χ2v) is 7.66. The van der Waals surface area contributed by atoms with Gasteiger partial charge in [-0.05, 0) is 30.1 Å². The van der Waals surface area contributed by atoms with Gasteiger partial charge in [0.1, 0.15) is 5.78 Å². The molecule has 0 rings (SSSR count). The van der Waals surface area contributed by atoms with Crippen LogP contribution in [0.25, 0.3) is 0 Å². The first-order valence-corrected chi connectivity index (χ1v) is 7.20. The lowest BCUT2D eigenvalue weighted by Crippen LogP contribution is -2.13. The molecule has 0 N–H and O–H groups in total. The second-order valence-electron chi connectivity index (χ2n) is 7.66. The van der Waals surface area contributed by atoms with Crippen LogP contribution in [0.1, 0.15) is 73.6 Å². The molecule has 0 fully saturated rings. The summed E-state index contributed by atoms with van der Waals surface area (Å²) >= 11 is 0. The summed E-state index contributed by atoms with van der Waals surface area (Å²) in [7, 11) is 0. The van der Waals surface area contributed by atoms with Crippen LogP contribution in [0, 0.1) is 10.8 Å². The molecule has 0 aromatic heterocycles. The first-order chi connectivity index (χ1) is 8.10. The van der Waals surface area contributed by atoms with Gasteiger partial charge >= 0.3 is 0 Å². The average molecular weight is 256 g/mol. The zero-order chi connectivity index (χ0) is 14.2. The van der Waals surface area contributed by atoms with Crippen molar-refractivity contribution in [3.05, 3.63) is 0 Å². The van der Waals surface area contributed by atoms with E-state index in [0.717, 1.165) is 26.1 Å². The molecule has 0 aromatic rings. The SMILES string of the molecule is CC(C)(C)CCCOCCCC(=O)CC(C)(C)C. The molecule has 0 saturated heterocycles. The summed E-state index contributed by atoms with van der Waals surface area (Å²) in [5, 5.41) is 0. The quantitative estimate of drug-likeness (QED) is 0.593. The highest BCUT2D eigenvalue weighted by Crippen LogP contribution is 2.21. The van der Waals surface area contributed by atoms with E-state index in [4.69, 9.17) is 4.74 Å². The molecule has 108 valence electrons. The van der Waals surface area contributed by atoms with E-state index in [0.29, 0.717) is 24.0 Å². The highest BCUT2D eigenvalue weighted by atomic mass is 16.5. The van der Waals surface area contributed by atoms with Crippen LogP contribution in [0.15, 0.2) is 0 Å². The average Bonchev–Trinajstić information content (AvgIpc) is 2.11. The van der Waals surface area contributed by atoms with E-state index in [9.17, 15) is 4.79 Å². The Morgan fingerprint density at radius 1 is 0.889 bits per heavy atom. The normalized spacial score (nSPS) is 12.8. The lowest BCUT2D eigenvalue weighted by molar-refractivity contribution is -0.121. The van der Waals surface area contributed by atoms with Gasteiger partial charge in [0.25, 0.3) is 0 Å². The van der Waals surface area contributed by atoms with Gasteiger partial charge < -0.3 is 4.74 Å². The number of carbonyl (C=O) groups is 1. The molecule has 0 aliphatic rings. The number of carbonyl (C=O) groups excluding carboxylic acids is 1. The van der Waals surface area contributed by atoms with Gasteiger partial charge in [-0.3, -0.25) is 4.79 Å². The molecule has 0 aliphatic heterocycles. The van der Waals surface area contributed by atoms with Crippen molar-refractivity contribution >= 4 is 5.78 Å². The van der Waals surface area contributed by atoms with E-state index in [-0.39, 0.29) is 5.41 Å². The molecule has 0 radical (unpaired) electrons. The molecule has 0 aromatic carbocycles. The fraction of sp³-hybridized carbons (Fsp3) is 0.938. The minimum absolute atomic E-state index is 0.116. The molecule has 0 heterocycles. The second kappa shape index (κ2) is 7.93. The fourth-order valence-corrected chi connectivity index (χ4v) is 1.86. The number of ether oxygens (including phenoxy) is 1. The largest absolute Gasteiger partial charge is 0.381 e. The third kappa shape index (κ3) is 13.7. The van der Waals surface area contributed by atoms with Crippen molar-refractivity contribution in [2.75, 3.05) is 13.2 Å². The van der Waals surface area contributed by atoms with E-state index in [2.05, 4.69) is 41.5 Å². The Balaban J connectivity index is 3.39. The van der Waals surface area contributed by atoms with Gasteiger partial charge in [-0.15, -0.1) is 0 Å². The molecule has 0 bridgehead atoms. The maximum atomic E-state index is 11.6. The number of hydrogen-bond acceptors (Lipinski definition) is 2. The number of Topliss-reactive ketones (excluding diaryl/α,β-unsaturated/α-hetero) is 1. The van der Waals surface area contributed by atoms with Crippen molar-refractivity contribution < 1.29 is 9.53 Å². The molecule has 0 unspecified atom stereocenters. The van der Waals surface area contributed by atoms with Gasteiger partial charge in [0.05, 0.1) is 0 Å². The van der Waals surface area contributed by atoms with Gasteiger partial charge in [0, 0.05) is 26.1 Å². The molecule has 0 spiro atoms. The van der Waals surface area contributed by atoms with E-state index < -0.39 is 0 Å². The number of hydrogen-bond donors (Lipinski definition) is 0. The summed E-state index contributed by atoms with van der Waals surface area (Å²) in [5.41, 5.74) is 0.511. The maximum absolute atomic E-state index is 11.6. The van der Waals surface area contributed by atoms with E-state index in [1.165, 1.54) is 6.42 Å². The molecule has 0 amide bonds. The van der Waals surface area contributed by atoms with Crippen LogP contribution in [0.5, 0.6) is 0 Å². The molecular formula is C16H32O2. The Morgan fingerprint density at radius 2 is 1.44 bits per heavy atom. The summed E-state index contributed by atoms with van der Waals surface area (Å²) in [6, 6.07) is 0. The van der Waals surface area contributed by atoms with Crippen LogP contribution >= 0.6 is 0 Å². The smallest absolute Gasteiger partial charge is 0.133 e. The molecular weight excluding hydrogens is 224 g/mol. The predicted octanol–water partition coefficient (Wildman–Crippen LogP) is 4.61. The van der Waals surface area contributed by atoms with Crippen LogP contribution in [-0.4, -0.2) is 19.0 Å². The highest BCUT2D eigenvalue weighted by Gasteiger charge is 2.15. The van der Waals surface area contributed by atoms with Crippen molar-refractivity contribution in [3.8, 4) is 0 Å². The van der Waals surface area contributed by atoms with Gasteiger partial charge in [0.2, 0.25) is 0 Å². The predicted molar refractivity (Wildman–Crippen MR) is 77.8 cm³/mol. The molecule has 0 atom stereocenters. The molecule has 2 nitrogen and oxygen atoms in total.